The van der Waals surface area contributed by atoms with Crippen LogP contribution in [0.4, 0.5) is 9.18 Å². The maximum atomic E-state index is 12.8. The Balaban J connectivity index is 1.63. The molecule has 1 aliphatic heterocycles. The van der Waals surface area contributed by atoms with E-state index in [0.29, 0.717) is 38.4 Å². The second-order valence-electron chi connectivity index (χ2n) is 7.03. The lowest BCUT2D eigenvalue weighted by atomic mass is 10.0. The van der Waals surface area contributed by atoms with E-state index in [1.165, 1.54) is 12.1 Å². The number of urea groups is 1. The first kappa shape index (κ1) is 19.2. The molecule has 25 heavy (non-hydrogen) atoms. The Morgan fingerprint density at radius 2 is 1.84 bits per heavy atom. The molecule has 0 spiro atoms. The van der Waals surface area contributed by atoms with Crippen molar-refractivity contribution in [2.24, 2.45) is 5.92 Å². The molecule has 1 fully saturated rings. The smallest absolute Gasteiger partial charge is 0.315 e. The van der Waals surface area contributed by atoms with E-state index in [1.54, 1.807) is 12.1 Å². The Morgan fingerprint density at radius 3 is 2.44 bits per heavy atom. The van der Waals surface area contributed by atoms with Gasteiger partial charge in [-0.2, -0.15) is 0 Å². The highest BCUT2D eigenvalue weighted by Gasteiger charge is 2.23. The number of carbonyl (C=O) groups excluding carboxylic acids is 2. The van der Waals surface area contributed by atoms with Crippen molar-refractivity contribution in [1.29, 1.82) is 0 Å². The Morgan fingerprint density at radius 1 is 1.20 bits per heavy atom. The Kier molecular flexibility index (Phi) is 7.22. The van der Waals surface area contributed by atoms with Crippen LogP contribution in [0, 0.1) is 11.7 Å². The molecule has 1 heterocycles. The predicted molar refractivity (Wildman–Crippen MR) is 95.7 cm³/mol. The van der Waals surface area contributed by atoms with Crippen LogP contribution in [0.25, 0.3) is 0 Å². The molecule has 3 amide bonds. The number of nitrogens with one attached hydrogen (secondary N) is 2. The third-order valence-corrected chi connectivity index (χ3v) is 4.38. The van der Waals surface area contributed by atoms with Crippen molar-refractivity contribution in [1.82, 2.24) is 15.5 Å². The second-order valence-corrected chi connectivity index (χ2v) is 7.03. The molecule has 2 N–H and O–H groups in total. The van der Waals surface area contributed by atoms with Crippen molar-refractivity contribution in [2.45, 2.75) is 45.6 Å². The van der Waals surface area contributed by atoms with Gasteiger partial charge in [-0.15, -0.1) is 0 Å². The number of rotatable bonds is 6. The molecule has 1 aromatic rings. The molecule has 0 unspecified atom stereocenters. The van der Waals surface area contributed by atoms with Gasteiger partial charge in [-0.25, -0.2) is 9.18 Å². The van der Waals surface area contributed by atoms with Gasteiger partial charge in [-0.1, -0.05) is 26.0 Å². The first-order valence-corrected chi connectivity index (χ1v) is 9.00. The van der Waals surface area contributed by atoms with Gasteiger partial charge in [0, 0.05) is 32.1 Å². The average Bonchev–Trinajstić information content (AvgIpc) is 2.56. The van der Waals surface area contributed by atoms with Crippen LogP contribution in [0.1, 0.15) is 38.7 Å². The van der Waals surface area contributed by atoms with E-state index in [2.05, 4.69) is 10.6 Å². The van der Waals surface area contributed by atoms with Crippen LogP contribution in [0.15, 0.2) is 24.3 Å². The standard InChI is InChI=1S/C19H28FN3O2/c1-14(2)13-18(24)23-11-8-17(9-12-23)22-19(25)21-10-7-15-3-5-16(20)6-4-15/h3-6,14,17H,7-13H2,1-2H3,(H2,21,22,25). The van der Waals surface area contributed by atoms with Gasteiger partial charge in [0.25, 0.3) is 0 Å². The number of nitrogens with zero attached hydrogens (tertiary/aromatic N) is 1. The van der Waals surface area contributed by atoms with Crippen molar-refractivity contribution >= 4 is 11.9 Å². The molecule has 0 aliphatic carbocycles. The SMILES string of the molecule is CC(C)CC(=O)N1CCC(NC(=O)NCCc2ccc(F)cc2)CC1. The number of benzene rings is 1. The maximum absolute atomic E-state index is 12.8. The largest absolute Gasteiger partial charge is 0.343 e. The van der Waals surface area contributed by atoms with E-state index < -0.39 is 0 Å². The topological polar surface area (TPSA) is 61.4 Å². The van der Waals surface area contributed by atoms with Crippen LogP contribution in [0.5, 0.6) is 0 Å². The minimum absolute atomic E-state index is 0.105. The van der Waals surface area contributed by atoms with Crippen LogP contribution in [-0.2, 0) is 11.2 Å². The summed E-state index contributed by atoms with van der Waals surface area (Å²) in [6.45, 7) is 5.99. The summed E-state index contributed by atoms with van der Waals surface area (Å²) in [5, 5.41) is 5.80. The minimum atomic E-state index is -0.257. The monoisotopic (exact) mass is 349 g/mol. The molecule has 1 aromatic carbocycles. The summed E-state index contributed by atoms with van der Waals surface area (Å²) in [6, 6.07) is 6.20. The van der Waals surface area contributed by atoms with Crippen molar-refractivity contribution in [2.75, 3.05) is 19.6 Å². The number of carbonyl (C=O) groups is 2. The molecule has 0 aromatic heterocycles. The normalized spacial score (nSPS) is 15.3. The summed E-state index contributed by atoms with van der Waals surface area (Å²) in [5.74, 6) is 0.320. The third kappa shape index (κ3) is 6.72. The number of amides is 3. The zero-order valence-electron chi connectivity index (χ0n) is 15.1. The molecule has 0 saturated carbocycles. The van der Waals surface area contributed by atoms with Crippen LogP contribution in [0.2, 0.25) is 0 Å². The molecule has 138 valence electrons. The lowest BCUT2D eigenvalue weighted by Crippen LogP contribution is -2.49. The quantitative estimate of drug-likeness (QED) is 0.829. The maximum Gasteiger partial charge on any atom is 0.315 e. The second kappa shape index (κ2) is 9.39. The molecule has 0 radical (unpaired) electrons. The molecular formula is C19H28FN3O2. The van der Waals surface area contributed by atoms with Crippen molar-refractivity contribution in [3.8, 4) is 0 Å². The van der Waals surface area contributed by atoms with Crippen LogP contribution in [0.3, 0.4) is 0 Å². The minimum Gasteiger partial charge on any atom is -0.343 e. The molecule has 0 atom stereocenters. The predicted octanol–water partition coefficient (Wildman–Crippen LogP) is 2.70. The Hall–Kier alpha value is -2.11. The molecular weight excluding hydrogens is 321 g/mol. The number of hydrogen-bond donors (Lipinski definition) is 2. The Labute approximate surface area is 149 Å². The number of halogens is 1. The van der Waals surface area contributed by atoms with Crippen molar-refractivity contribution in [3.05, 3.63) is 35.6 Å². The van der Waals surface area contributed by atoms with E-state index in [0.717, 1.165) is 18.4 Å². The highest BCUT2D eigenvalue weighted by molar-refractivity contribution is 5.76. The lowest BCUT2D eigenvalue weighted by Gasteiger charge is -2.32. The highest BCUT2D eigenvalue weighted by atomic mass is 19.1. The average molecular weight is 349 g/mol. The van der Waals surface area contributed by atoms with Gasteiger partial charge < -0.3 is 15.5 Å². The first-order valence-electron chi connectivity index (χ1n) is 9.00. The zero-order chi connectivity index (χ0) is 18.2. The van der Waals surface area contributed by atoms with E-state index in [-0.39, 0.29) is 23.8 Å². The van der Waals surface area contributed by atoms with Gasteiger partial charge in [0.15, 0.2) is 0 Å². The van der Waals surface area contributed by atoms with Gasteiger partial charge >= 0.3 is 6.03 Å². The van der Waals surface area contributed by atoms with Gasteiger partial charge in [0.05, 0.1) is 0 Å². The highest BCUT2D eigenvalue weighted by Crippen LogP contribution is 2.13. The number of piperidine rings is 1. The summed E-state index contributed by atoms with van der Waals surface area (Å²) in [7, 11) is 0. The first-order chi connectivity index (χ1) is 11.9. The fourth-order valence-electron chi connectivity index (χ4n) is 2.96. The lowest BCUT2D eigenvalue weighted by molar-refractivity contribution is -0.133. The van der Waals surface area contributed by atoms with E-state index in [9.17, 15) is 14.0 Å². The molecule has 2 rings (SSSR count). The van der Waals surface area contributed by atoms with E-state index in [4.69, 9.17) is 0 Å². The fraction of sp³-hybridized carbons (Fsp3) is 0.579. The van der Waals surface area contributed by atoms with Gasteiger partial charge in [0.1, 0.15) is 5.82 Å². The summed E-state index contributed by atoms with van der Waals surface area (Å²) >= 11 is 0. The fourth-order valence-corrected chi connectivity index (χ4v) is 2.96. The molecule has 5 nitrogen and oxygen atoms in total. The van der Waals surface area contributed by atoms with Gasteiger partial charge in [-0.3, -0.25) is 4.79 Å². The summed E-state index contributed by atoms with van der Waals surface area (Å²) in [5.41, 5.74) is 0.985. The zero-order valence-corrected chi connectivity index (χ0v) is 15.1. The molecule has 0 bridgehead atoms. The van der Waals surface area contributed by atoms with Crippen LogP contribution in [-0.4, -0.2) is 42.5 Å². The molecule has 1 saturated heterocycles. The summed E-state index contributed by atoms with van der Waals surface area (Å²) < 4.78 is 12.8. The molecule has 6 heteroatoms. The van der Waals surface area contributed by atoms with Crippen molar-refractivity contribution in [3.63, 3.8) is 0 Å². The number of hydrogen-bond acceptors (Lipinski definition) is 2. The summed E-state index contributed by atoms with van der Waals surface area (Å²) in [4.78, 5) is 25.9. The van der Waals surface area contributed by atoms with Crippen LogP contribution >= 0.6 is 0 Å². The third-order valence-electron chi connectivity index (χ3n) is 4.38. The van der Waals surface area contributed by atoms with E-state index >= 15 is 0 Å². The van der Waals surface area contributed by atoms with Crippen molar-refractivity contribution < 1.29 is 14.0 Å². The molecule has 1 aliphatic rings. The van der Waals surface area contributed by atoms with Gasteiger partial charge in [-0.05, 0) is 42.9 Å². The Bertz CT molecular complexity index is 567. The van der Waals surface area contributed by atoms with Gasteiger partial charge in [0.2, 0.25) is 5.91 Å². The van der Waals surface area contributed by atoms with Crippen LogP contribution < -0.4 is 10.6 Å². The summed E-state index contributed by atoms with van der Waals surface area (Å²) in [6.07, 6.45) is 2.82. The number of likely N-dealkylation sites (tertiary alicyclic amines) is 1. The van der Waals surface area contributed by atoms with E-state index in [1.807, 2.05) is 18.7 Å².